The van der Waals surface area contributed by atoms with Crippen LogP contribution in [0.15, 0.2) is 42.7 Å². The van der Waals surface area contributed by atoms with Crippen molar-refractivity contribution in [2.45, 2.75) is 19.3 Å². The smallest absolute Gasteiger partial charge is 0.227 e. The van der Waals surface area contributed by atoms with Gasteiger partial charge in [0.1, 0.15) is 0 Å². The first kappa shape index (κ1) is 12.7. The minimum atomic E-state index is 0.130. The molecule has 102 valence electrons. The molecule has 2 N–H and O–H groups in total. The highest BCUT2D eigenvalue weighted by molar-refractivity contribution is 5.98. The third-order valence-corrected chi connectivity index (χ3v) is 3.68. The van der Waals surface area contributed by atoms with Crippen LogP contribution in [0.25, 0.3) is 0 Å². The molecule has 0 saturated heterocycles. The molecular weight excluding hydrogens is 250 g/mol. The topological polar surface area (TPSA) is 59.2 Å². The van der Waals surface area contributed by atoms with Gasteiger partial charge in [-0.15, -0.1) is 0 Å². The van der Waals surface area contributed by atoms with E-state index in [1.54, 1.807) is 12.4 Å². The van der Waals surface area contributed by atoms with Crippen LogP contribution in [0, 0.1) is 0 Å². The fourth-order valence-electron chi connectivity index (χ4n) is 2.67. The lowest BCUT2D eigenvalue weighted by Gasteiger charge is -2.19. The Hall–Kier alpha value is -2.36. The first-order valence-corrected chi connectivity index (χ1v) is 6.82. The van der Waals surface area contributed by atoms with Crippen molar-refractivity contribution in [1.82, 2.24) is 4.98 Å². The van der Waals surface area contributed by atoms with Crippen molar-refractivity contribution in [3.8, 4) is 0 Å². The molecule has 1 amide bonds. The monoisotopic (exact) mass is 267 g/mol. The van der Waals surface area contributed by atoms with Gasteiger partial charge in [-0.2, -0.15) is 0 Å². The van der Waals surface area contributed by atoms with Crippen LogP contribution in [0.1, 0.15) is 17.5 Å². The number of anilines is 2. The van der Waals surface area contributed by atoms with E-state index in [-0.39, 0.29) is 5.91 Å². The molecule has 1 aromatic carbocycles. The molecule has 0 unspecified atom stereocenters. The second-order valence-corrected chi connectivity index (χ2v) is 5.01. The van der Waals surface area contributed by atoms with Crippen LogP contribution in [0.5, 0.6) is 0 Å². The number of hydrogen-bond donors (Lipinski definition) is 1. The number of carbonyl (C=O) groups excluding carboxylic acids is 1. The summed E-state index contributed by atoms with van der Waals surface area (Å²) in [6.45, 7) is 0.732. The largest absolute Gasteiger partial charge is 0.397 e. The number of nitrogen functional groups attached to an aromatic ring is 1. The maximum absolute atomic E-state index is 12.4. The molecule has 0 aliphatic carbocycles. The number of pyridine rings is 1. The van der Waals surface area contributed by atoms with Gasteiger partial charge in [-0.25, -0.2) is 0 Å². The summed E-state index contributed by atoms with van der Waals surface area (Å²) in [7, 11) is 0. The molecule has 0 fully saturated rings. The molecule has 2 aromatic rings. The third-order valence-electron chi connectivity index (χ3n) is 3.68. The maximum Gasteiger partial charge on any atom is 0.227 e. The highest BCUT2D eigenvalue weighted by Gasteiger charge is 2.25. The lowest BCUT2D eigenvalue weighted by Crippen LogP contribution is -2.29. The summed E-state index contributed by atoms with van der Waals surface area (Å²) in [6, 6.07) is 9.72. The summed E-state index contributed by atoms with van der Waals surface area (Å²) >= 11 is 0. The molecule has 20 heavy (non-hydrogen) atoms. The minimum Gasteiger partial charge on any atom is -0.397 e. The fourth-order valence-corrected chi connectivity index (χ4v) is 2.67. The molecule has 1 aliphatic rings. The van der Waals surface area contributed by atoms with E-state index in [4.69, 9.17) is 5.73 Å². The van der Waals surface area contributed by atoms with Crippen molar-refractivity contribution >= 4 is 17.3 Å². The van der Waals surface area contributed by atoms with Crippen molar-refractivity contribution < 1.29 is 4.79 Å². The molecule has 4 nitrogen and oxygen atoms in total. The van der Waals surface area contributed by atoms with Crippen LogP contribution in [0.2, 0.25) is 0 Å². The van der Waals surface area contributed by atoms with Gasteiger partial charge < -0.3 is 10.6 Å². The lowest BCUT2D eigenvalue weighted by atomic mass is 10.1. The quantitative estimate of drug-likeness (QED) is 0.867. The Balaban J connectivity index is 1.71. The van der Waals surface area contributed by atoms with Crippen LogP contribution >= 0.6 is 0 Å². The molecule has 3 rings (SSSR count). The molecule has 0 atom stereocenters. The highest BCUT2D eigenvalue weighted by Crippen LogP contribution is 2.33. The summed E-state index contributed by atoms with van der Waals surface area (Å²) in [5.74, 6) is 0.130. The number of nitrogens with two attached hydrogens (primary N) is 1. The van der Waals surface area contributed by atoms with Gasteiger partial charge in [0.25, 0.3) is 0 Å². The third kappa shape index (κ3) is 2.37. The van der Waals surface area contributed by atoms with Gasteiger partial charge in [-0.3, -0.25) is 9.78 Å². The molecule has 0 saturated carbocycles. The summed E-state index contributed by atoms with van der Waals surface area (Å²) < 4.78 is 0. The average molecular weight is 267 g/mol. The predicted octanol–water partition coefficient (Wildman–Crippen LogP) is 2.19. The summed E-state index contributed by atoms with van der Waals surface area (Å²) in [5.41, 5.74) is 9.85. The van der Waals surface area contributed by atoms with Crippen molar-refractivity contribution in [2.24, 2.45) is 0 Å². The molecule has 1 aliphatic heterocycles. The second kappa shape index (κ2) is 5.33. The molecule has 4 heteroatoms. The number of rotatable bonds is 3. The molecule has 0 radical (unpaired) electrons. The minimum absolute atomic E-state index is 0.130. The first-order valence-electron chi connectivity index (χ1n) is 6.82. The van der Waals surface area contributed by atoms with E-state index in [1.165, 1.54) is 5.56 Å². The summed E-state index contributed by atoms with van der Waals surface area (Å²) in [6.07, 6.45) is 5.63. The standard InChI is InChI=1S/C16H17N3O/c17-14-5-1-4-13-8-10-19(16(13)14)15(20)7-6-12-3-2-9-18-11-12/h1-5,9,11H,6-8,10,17H2. The number of benzene rings is 1. The lowest BCUT2D eigenvalue weighted by molar-refractivity contribution is -0.118. The van der Waals surface area contributed by atoms with Gasteiger partial charge in [0, 0.05) is 25.4 Å². The number of nitrogens with zero attached hydrogens (tertiary/aromatic N) is 2. The highest BCUT2D eigenvalue weighted by atomic mass is 16.2. The average Bonchev–Trinajstić information content (AvgIpc) is 2.91. The Morgan fingerprint density at radius 1 is 1.30 bits per heavy atom. The molecule has 0 bridgehead atoms. The van der Waals surface area contributed by atoms with Crippen LogP contribution in [0.3, 0.4) is 0 Å². The van der Waals surface area contributed by atoms with Crippen LogP contribution in [-0.4, -0.2) is 17.4 Å². The van der Waals surface area contributed by atoms with Crippen LogP contribution in [0.4, 0.5) is 11.4 Å². The Morgan fingerprint density at radius 3 is 3.00 bits per heavy atom. The van der Waals surface area contributed by atoms with Gasteiger partial charge in [0.05, 0.1) is 11.4 Å². The van der Waals surface area contributed by atoms with Crippen molar-refractivity contribution in [3.63, 3.8) is 0 Å². The second-order valence-electron chi connectivity index (χ2n) is 5.01. The van der Waals surface area contributed by atoms with Gasteiger partial charge >= 0.3 is 0 Å². The zero-order valence-electron chi connectivity index (χ0n) is 11.2. The van der Waals surface area contributed by atoms with E-state index >= 15 is 0 Å². The van der Waals surface area contributed by atoms with E-state index in [2.05, 4.69) is 4.98 Å². The van der Waals surface area contributed by atoms with Gasteiger partial charge in [0.2, 0.25) is 5.91 Å². The number of para-hydroxylation sites is 1. The molecular formula is C16H17N3O. The van der Waals surface area contributed by atoms with Crippen molar-refractivity contribution in [3.05, 3.63) is 53.9 Å². The normalized spacial score (nSPS) is 13.3. The Kier molecular flexibility index (Phi) is 3.37. The Labute approximate surface area is 118 Å². The number of aromatic nitrogens is 1. The van der Waals surface area contributed by atoms with Crippen LogP contribution < -0.4 is 10.6 Å². The Bertz CT molecular complexity index is 625. The molecule has 0 spiro atoms. The number of fused-ring (bicyclic) bond motifs is 1. The number of carbonyl (C=O) groups is 1. The summed E-state index contributed by atoms with van der Waals surface area (Å²) in [4.78, 5) is 18.3. The van der Waals surface area contributed by atoms with E-state index in [1.807, 2.05) is 35.2 Å². The van der Waals surface area contributed by atoms with Crippen LogP contribution in [-0.2, 0) is 17.6 Å². The fraction of sp³-hybridized carbons (Fsp3) is 0.250. The van der Waals surface area contributed by atoms with Gasteiger partial charge in [-0.05, 0) is 36.1 Å². The molecule has 1 aromatic heterocycles. The predicted molar refractivity (Wildman–Crippen MR) is 79.5 cm³/mol. The zero-order chi connectivity index (χ0) is 13.9. The zero-order valence-corrected chi connectivity index (χ0v) is 11.2. The number of amides is 1. The van der Waals surface area contributed by atoms with E-state index in [9.17, 15) is 4.79 Å². The number of hydrogen-bond acceptors (Lipinski definition) is 3. The van der Waals surface area contributed by atoms with E-state index < -0.39 is 0 Å². The number of aryl methyl sites for hydroxylation is 1. The maximum atomic E-state index is 12.4. The molecule has 2 heterocycles. The van der Waals surface area contributed by atoms with E-state index in [0.29, 0.717) is 18.5 Å². The van der Waals surface area contributed by atoms with E-state index in [0.717, 1.165) is 24.2 Å². The van der Waals surface area contributed by atoms with Gasteiger partial charge in [-0.1, -0.05) is 18.2 Å². The Morgan fingerprint density at radius 2 is 2.20 bits per heavy atom. The first-order chi connectivity index (χ1) is 9.75. The SMILES string of the molecule is Nc1cccc2c1N(C(=O)CCc1cccnc1)CC2. The van der Waals surface area contributed by atoms with Gasteiger partial charge in [0.15, 0.2) is 0 Å². The van der Waals surface area contributed by atoms with Crippen molar-refractivity contribution in [2.75, 3.05) is 17.2 Å². The summed E-state index contributed by atoms with van der Waals surface area (Å²) in [5, 5.41) is 0. The van der Waals surface area contributed by atoms with Crippen molar-refractivity contribution in [1.29, 1.82) is 0 Å².